The second kappa shape index (κ2) is 8.60. The lowest BCUT2D eigenvalue weighted by Crippen LogP contribution is -2.15. The van der Waals surface area contributed by atoms with Crippen LogP contribution in [0.3, 0.4) is 0 Å². The fourth-order valence-electron chi connectivity index (χ4n) is 3.19. The predicted molar refractivity (Wildman–Crippen MR) is 115 cm³/mol. The molecule has 1 aliphatic carbocycles. The monoisotopic (exact) mass is 467 g/mol. The number of aryl methyl sites for hydroxylation is 2. The lowest BCUT2D eigenvalue weighted by atomic mass is 9.93. The molecule has 0 unspecified atom stereocenters. The van der Waals surface area contributed by atoms with Crippen molar-refractivity contribution in [3.8, 4) is 11.3 Å². The Morgan fingerprint density at radius 3 is 2.83 bits per heavy atom. The first-order chi connectivity index (χ1) is 14.3. The van der Waals surface area contributed by atoms with E-state index in [9.17, 15) is 18.0 Å². The molecule has 4 nitrogen and oxygen atoms in total. The van der Waals surface area contributed by atoms with Gasteiger partial charge < -0.3 is 5.32 Å². The number of carbonyl (C=O) groups is 1. The lowest BCUT2D eigenvalue weighted by Gasteiger charge is -2.17. The van der Waals surface area contributed by atoms with E-state index >= 15 is 0 Å². The van der Waals surface area contributed by atoms with Gasteiger partial charge in [0, 0.05) is 17.4 Å². The molecule has 4 rings (SSSR count). The van der Waals surface area contributed by atoms with E-state index in [0.717, 1.165) is 53.6 Å². The number of hydrogen-bond acceptors (Lipinski definition) is 6. The average molecular weight is 468 g/mol. The number of halogens is 3. The maximum absolute atomic E-state index is 12.8. The van der Waals surface area contributed by atoms with Gasteiger partial charge in [-0.05, 0) is 53.8 Å². The molecular weight excluding hydrogens is 451 g/mol. The highest BCUT2D eigenvalue weighted by Crippen LogP contribution is 2.42. The van der Waals surface area contributed by atoms with Gasteiger partial charge in [-0.3, -0.25) is 4.79 Å². The second-order valence-corrected chi connectivity index (χ2v) is 9.47. The minimum atomic E-state index is -4.46. The van der Waals surface area contributed by atoms with Gasteiger partial charge in [0.1, 0.15) is 0 Å². The Bertz CT molecular complexity index is 1080. The molecule has 156 valence electrons. The van der Waals surface area contributed by atoms with Gasteiger partial charge in [-0.15, -0.1) is 23.1 Å². The summed E-state index contributed by atoms with van der Waals surface area (Å²) in [5.74, 6) is -0.414. The number of fused-ring (bicyclic) bond motifs is 3. The van der Waals surface area contributed by atoms with Crippen molar-refractivity contribution in [2.24, 2.45) is 0 Å². The quantitative estimate of drug-likeness (QED) is 0.381. The zero-order valence-corrected chi connectivity index (χ0v) is 18.2. The van der Waals surface area contributed by atoms with Gasteiger partial charge in [-0.1, -0.05) is 17.8 Å². The molecule has 1 N–H and O–H groups in total. The van der Waals surface area contributed by atoms with E-state index < -0.39 is 17.6 Å². The Hall–Kier alpha value is -2.04. The summed E-state index contributed by atoms with van der Waals surface area (Å²) >= 11 is 4.56. The van der Waals surface area contributed by atoms with Crippen molar-refractivity contribution >= 4 is 46.5 Å². The van der Waals surface area contributed by atoms with Crippen LogP contribution in [0.1, 0.15) is 16.7 Å². The largest absolute Gasteiger partial charge is 0.416 e. The van der Waals surface area contributed by atoms with E-state index in [1.807, 2.05) is 6.26 Å². The van der Waals surface area contributed by atoms with Gasteiger partial charge >= 0.3 is 6.18 Å². The topological polar surface area (TPSA) is 54.9 Å². The number of thiophene rings is 1. The fourth-order valence-corrected chi connectivity index (χ4v) is 5.59. The lowest BCUT2D eigenvalue weighted by molar-refractivity contribution is -0.137. The molecule has 0 saturated carbocycles. The number of hydrogen-bond donors (Lipinski definition) is 1. The van der Waals surface area contributed by atoms with Crippen molar-refractivity contribution in [3.05, 3.63) is 52.5 Å². The number of aromatic nitrogens is 2. The van der Waals surface area contributed by atoms with Crippen LogP contribution in [0.25, 0.3) is 11.3 Å². The molecule has 0 radical (unpaired) electrons. The van der Waals surface area contributed by atoms with Crippen molar-refractivity contribution in [1.82, 2.24) is 9.97 Å². The summed E-state index contributed by atoms with van der Waals surface area (Å²) in [4.78, 5) is 21.2. The van der Waals surface area contributed by atoms with Crippen molar-refractivity contribution in [2.45, 2.75) is 28.4 Å². The molecule has 10 heteroatoms. The van der Waals surface area contributed by atoms with Crippen LogP contribution < -0.4 is 5.32 Å². The number of carbonyl (C=O) groups excluding carboxylic acids is 1. The van der Waals surface area contributed by atoms with E-state index in [-0.39, 0.29) is 11.4 Å². The fraction of sp³-hybridized carbons (Fsp3) is 0.250. The first-order valence-corrected chi connectivity index (χ1v) is 12.0. The number of anilines is 1. The standard InChI is InChI=1S/C20H16F3N3OS3/c1-28-18-16-12(9-29-18)6-5-11-8-24-19(26-17(11)16)30-10-15(27)25-14-4-2-3-13(7-14)20(21,22)23/h2-4,7-9H,5-6,10H2,1H3,(H,25,27). The molecule has 3 aromatic rings. The van der Waals surface area contributed by atoms with Crippen molar-refractivity contribution in [1.29, 1.82) is 0 Å². The summed E-state index contributed by atoms with van der Waals surface area (Å²) in [6.07, 6.45) is 1.24. The van der Waals surface area contributed by atoms with Crippen LogP contribution in [-0.2, 0) is 23.8 Å². The Morgan fingerprint density at radius 1 is 1.27 bits per heavy atom. The number of amides is 1. The molecule has 0 spiro atoms. The third kappa shape index (κ3) is 4.50. The first kappa shape index (κ1) is 21.2. The molecule has 1 amide bonds. The molecule has 2 heterocycles. The van der Waals surface area contributed by atoms with E-state index in [0.29, 0.717) is 5.16 Å². The molecular formula is C20H16F3N3OS3. The highest BCUT2D eigenvalue weighted by atomic mass is 32.2. The van der Waals surface area contributed by atoms with Crippen molar-refractivity contribution in [3.63, 3.8) is 0 Å². The summed E-state index contributed by atoms with van der Waals surface area (Å²) < 4.78 is 39.7. The highest BCUT2D eigenvalue weighted by molar-refractivity contribution is 8.00. The van der Waals surface area contributed by atoms with Crippen LogP contribution in [0.2, 0.25) is 0 Å². The zero-order valence-electron chi connectivity index (χ0n) is 15.7. The molecule has 0 atom stereocenters. The molecule has 0 aliphatic heterocycles. The SMILES string of the molecule is CSc1scc2c1-c1nc(SCC(=O)Nc3cccc(C(F)(F)F)c3)ncc1CC2. The third-order valence-electron chi connectivity index (χ3n) is 4.57. The zero-order chi connectivity index (χ0) is 21.3. The van der Waals surface area contributed by atoms with Crippen LogP contribution in [-0.4, -0.2) is 27.9 Å². The van der Waals surface area contributed by atoms with E-state index in [2.05, 4.69) is 20.7 Å². The van der Waals surface area contributed by atoms with Crippen molar-refractivity contribution < 1.29 is 18.0 Å². The minimum Gasteiger partial charge on any atom is -0.325 e. The molecule has 0 bridgehead atoms. The molecule has 30 heavy (non-hydrogen) atoms. The second-order valence-electron chi connectivity index (χ2n) is 6.57. The minimum absolute atomic E-state index is 0.000904. The number of thioether (sulfide) groups is 2. The highest BCUT2D eigenvalue weighted by Gasteiger charge is 2.30. The Kier molecular flexibility index (Phi) is 6.08. The number of rotatable bonds is 5. The van der Waals surface area contributed by atoms with Gasteiger partial charge in [-0.2, -0.15) is 13.2 Å². The summed E-state index contributed by atoms with van der Waals surface area (Å²) in [5.41, 5.74) is 3.75. The Morgan fingerprint density at radius 2 is 2.07 bits per heavy atom. The van der Waals surface area contributed by atoms with E-state index in [1.165, 1.54) is 21.9 Å². The first-order valence-electron chi connectivity index (χ1n) is 8.95. The summed E-state index contributed by atoms with van der Waals surface area (Å²) in [7, 11) is 0. The maximum atomic E-state index is 12.8. The van der Waals surface area contributed by atoms with Crippen LogP contribution in [0.15, 0.2) is 45.2 Å². The van der Waals surface area contributed by atoms with E-state index in [1.54, 1.807) is 29.3 Å². The summed E-state index contributed by atoms with van der Waals surface area (Å²) in [6.45, 7) is 0. The van der Waals surface area contributed by atoms with Crippen LogP contribution >= 0.6 is 34.9 Å². The summed E-state index contributed by atoms with van der Waals surface area (Å²) in [5, 5.41) is 5.14. The Labute approximate surface area is 183 Å². The van der Waals surface area contributed by atoms with Gasteiger partial charge in [-0.25, -0.2) is 9.97 Å². The van der Waals surface area contributed by atoms with Crippen LogP contribution in [0.5, 0.6) is 0 Å². The average Bonchev–Trinajstić information content (AvgIpc) is 3.15. The number of nitrogens with zero attached hydrogens (tertiary/aromatic N) is 2. The van der Waals surface area contributed by atoms with Crippen LogP contribution in [0.4, 0.5) is 18.9 Å². The molecule has 0 fully saturated rings. The van der Waals surface area contributed by atoms with Crippen molar-refractivity contribution in [2.75, 3.05) is 17.3 Å². The van der Waals surface area contributed by atoms with Gasteiger partial charge in [0.2, 0.25) is 5.91 Å². The number of nitrogens with one attached hydrogen (secondary N) is 1. The summed E-state index contributed by atoms with van der Waals surface area (Å²) in [6, 6.07) is 4.57. The van der Waals surface area contributed by atoms with Gasteiger partial charge in [0.05, 0.1) is 21.2 Å². The molecule has 2 aromatic heterocycles. The van der Waals surface area contributed by atoms with Gasteiger partial charge in [0.15, 0.2) is 5.16 Å². The third-order valence-corrected chi connectivity index (χ3v) is 7.61. The number of alkyl halides is 3. The van der Waals surface area contributed by atoms with Crippen LogP contribution in [0, 0.1) is 0 Å². The molecule has 1 aliphatic rings. The normalized spacial score (nSPS) is 12.9. The smallest absolute Gasteiger partial charge is 0.325 e. The predicted octanol–water partition coefficient (Wildman–Crippen LogP) is 5.78. The maximum Gasteiger partial charge on any atom is 0.416 e. The van der Waals surface area contributed by atoms with Gasteiger partial charge in [0.25, 0.3) is 0 Å². The Balaban J connectivity index is 1.45. The molecule has 0 saturated heterocycles. The van der Waals surface area contributed by atoms with E-state index in [4.69, 9.17) is 0 Å². The number of benzene rings is 1. The molecule has 1 aromatic carbocycles.